The fourth-order valence-corrected chi connectivity index (χ4v) is 2.45. The third-order valence-electron chi connectivity index (χ3n) is 3.04. The maximum absolute atomic E-state index is 5.83. The number of benzene rings is 1. The van der Waals surface area contributed by atoms with E-state index in [2.05, 4.69) is 26.0 Å². The van der Waals surface area contributed by atoms with Crippen molar-refractivity contribution in [3.8, 4) is 5.75 Å². The summed E-state index contributed by atoms with van der Waals surface area (Å²) in [6, 6.07) is 8.23. The lowest BCUT2D eigenvalue weighted by molar-refractivity contribution is -0.104. The molecule has 2 aliphatic rings. The summed E-state index contributed by atoms with van der Waals surface area (Å²) in [5, 5.41) is 0. The van der Waals surface area contributed by atoms with Crippen molar-refractivity contribution in [1.29, 1.82) is 0 Å². The number of hydrogen-bond donors (Lipinski definition) is 0. The third kappa shape index (κ3) is 1.07. The van der Waals surface area contributed by atoms with Crippen LogP contribution < -0.4 is 4.74 Å². The minimum atomic E-state index is -0.0533. The fourth-order valence-electron chi connectivity index (χ4n) is 2.45. The number of hydrogen-bond acceptors (Lipinski definition) is 2. The molecule has 0 amide bonds. The van der Waals surface area contributed by atoms with E-state index < -0.39 is 0 Å². The second-order valence-electron chi connectivity index (χ2n) is 4.71. The highest BCUT2D eigenvalue weighted by Gasteiger charge is 2.47. The first-order chi connectivity index (χ1) is 6.66. The number of ether oxygens (including phenoxy) is 2. The lowest BCUT2D eigenvalue weighted by atomic mass is 9.92. The molecule has 3 rings (SSSR count). The average molecular weight is 190 g/mol. The SMILES string of the molecule is CC1(C)C[C@H]2c3ccccc3O[C@H]2O1. The van der Waals surface area contributed by atoms with Gasteiger partial charge < -0.3 is 9.47 Å². The van der Waals surface area contributed by atoms with Gasteiger partial charge in [-0.1, -0.05) is 18.2 Å². The molecule has 0 bridgehead atoms. The number of rotatable bonds is 0. The van der Waals surface area contributed by atoms with Crippen LogP contribution in [-0.4, -0.2) is 11.9 Å². The van der Waals surface area contributed by atoms with E-state index in [4.69, 9.17) is 9.47 Å². The van der Waals surface area contributed by atoms with Gasteiger partial charge in [0.1, 0.15) is 5.75 Å². The molecule has 0 aromatic heterocycles. The smallest absolute Gasteiger partial charge is 0.207 e. The van der Waals surface area contributed by atoms with Gasteiger partial charge >= 0.3 is 0 Å². The maximum atomic E-state index is 5.83. The molecule has 1 saturated heterocycles. The molecule has 2 atom stereocenters. The van der Waals surface area contributed by atoms with Crippen LogP contribution in [0.15, 0.2) is 24.3 Å². The molecule has 1 fully saturated rings. The van der Waals surface area contributed by atoms with Crippen molar-refractivity contribution in [3.05, 3.63) is 29.8 Å². The first kappa shape index (κ1) is 8.30. The summed E-state index contributed by atoms with van der Waals surface area (Å²) >= 11 is 0. The molecular weight excluding hydrogens is 176 g/mol. The quantitative estimate of drug-likeness (QED) is 0.626. The maximum Gasteiger partial charge on any atom is 0.207 e. The van der Waals surface area contributed by atoms with Gasteiger partial charge in [-0.3, -0.25) is 0 Å². The predicted molar refractivity (Wildman–Crippen MR) is 53.4 cm³/mol. The first-order valence-corrected chi connectivity index (χ1v) is 5.09. The van der Waals surface area contributed by atoms with E-state index in [1.165, 1.54) is 5.56 Å². The van der Waals surface area contributed by atoms with Crippen molar-refractivity contribution in [3.63, 3.8) is 0 Å². The van der Waals surface area contributed by atoms with Gasteiger partial charge in [0.2, 0.25) is 6.29 Å². The Kier molecular flexibility index (Phi) is 1.49. The van der Waals surface area contributed by atoms with Crippen LogP contribution in [0, 0.1) is 0 Å². The van der Waals surface area contributed by atoms with E-state index in [0.29, 0.717) is 5.92 Å². The first-order valence-electron chi connectivity index (χ1n) is 5.09. The van der Waals surface area contributed by atoms with Crippen LogP contribution in [0.5, 0.6) is 5.75 Å². The molecule has 0 N–H and O–H groups in total. The van der Waals surface area contributed by atoms with Crippen molar-refractivity contribution >= 4 is 0 Å². The Morgan fingerprint density at radius 1 is 1.29 bits per heavy atom. The zero-order valence-corrected chi connectivity index (χ0v) is 8.49. The van der Waals surface area contributed by atoms with Crippen LogP contribution in [0.1, 0.15) is 31.7 Å². The van der Waals surface area contributed by atoms with Gasteiger partial charge in [0.15, 0.2) is 0 Å². The Labute approximate surface area is 83.8 Å². The third-order valence-corrected chi connectivity index (χ3v) is 3.04. The molecule has 14 heavy (non-hydrogen) atoms. The van der Waals surface area contributed by atoms with Crippen LogP contribution in [0.2, 0.25) is 0 Å². The molecule has 2 aliphatic heterocycles. The van der Waals surface area contributed by atoms with E-state index in [9.17, 15) is 0 Å². The normalized spacial score (nSPS) is 32.1. The summed E-state index contributed by atoms with van der Waals surface area (Å²) in [5.41, 5.74) is 1.27. The Morgan fingerprint density at radius 3 is 2.93 bits per heavy atom. The van der Waals surface area contributed by atoms with Crippen LogP contribution >= 0.6 is 0 Å². The minimum absolute atomic E-state index is 0.0388. The van der Waals surface area contributed by atoms with Gasteiger partial charge in [-0.25, -0.2) is 0 Å². The summed E-state index contributed by atoms with van der Waals surface area (Å²) in [4.78, 5) is 0. The standard InChI is InChI=1S/C12H14O2/c1-12(2)7-9-8-5-3-4-6-10(8)13-11(9)14-12/h3-6,9,11H,7H2,1-2H3/t9-,11-/m0/s1. The Bertz CT molecular complexity index is 370. The van der Waals surface area contributed by atoms with E-state index in [0.717, 1.165) is 12.2 Å². The zero-order valence-electron chi connectivity index (χ0n) is 8.49. The van der Waals surface area contributed by atoms with Crippen molar-refractivity contribution in [1.82, 2.24) is 0 Å². The van der Waals surface area contributed by atoms with Gasteiger partial charge in [0.05, 0.1) is 11.5 Å². The highest BCUT2D eigenvalue weighted by Crippen LogP contribution is 2.49. The fraction of sp³-hybridized carbons (Fsp3) is 0.500. The van der Waals surface area contributed by atoms with Gasteiger partial charge in [-0.05, 0) is 26.3 Å². The monoisotopic (exact) mass is 190 g/mol. The highest BCUT2D eigenvalue weighted by molar-refractivity contribution is 5.41. The number of para-hydroxylation sites is 1. The van der Waals surface area contributed by atoms with Crippen LogP contribution in [0.4, 0.5) is 0 Å². The van der Waals surface area contributed by atoms with Crippen LogP contribution in [0.3, 0.4) is 0 Å². The van der Waals surface area contributed by atoms with E-state index >= 15 is 0 Å². The van der Waals surface area contributed by atoms with Gasteiger partial charge in [0, 0.05) is 5.56 Å². The molecule has 2 nitrogen and oxygen atoms in total. The summed E-state index contributed by atoms with van der Waals surface area (Å²) in [6.45, 7) is 4.24. The second-order valence-corrected chi connectivity index (χ2v) is 4.71. The minimum Gasteiger partial charge on any atom is -0.464 e. The largest absolute Gasteiger partial charge is 0.464 e. The number of fused-ring (bicyclic) bond motifs is 3. The molecule has 0 saturated carbocycles. The van der Waals surface area contributed by atoms with Gasteiger partial charge in [0.25, 0.3) is 0 Å². The molecule has 2 heteroatoms. The molecule has 1 aromatic carbocycles. The van der Waals surface area contributed by atoms with Crippen LogP contribution in [-0.2, 0) is 4.74 Å². The van der Waals surface area contributed by atoms with Gasteiger partial charge in [-0.2, -0.15) is 0 Å². The molecular formula is C12H14O2. The second kappa shape index (κ2) is 2.51. The summed E-state index contributed by atoms with van der Waals surface area (Å²) in [6.07, 6.45) is 0.997. The van der Waals surface area contributed by atoms with E-state index in [1.54, 1.807) is 0 Å². The average Bonchev–Trinajstić information content (AvgIpc) is 2.56. The van der Waals surface area contributed by atoms with Crippen molar-refractivity contribution in [2.45, 2.75) is 38.1 Å². The highest BCUT2D eigenvalue weighted by atomic mass is 16.7. The molecule has 0 aliphatic carbocycles. The predicted octanol–water partition coefficient (Wildman–Crippen LogP) is 2.69. The lowest BCUT2D eigenvalue weighted by Crippen LogP contribution is -2.22. The Morgan fingerprint density at radius 2 is 2.07 bits per heavy atom. The van der Waals surface area contributed by atoms with E-state index in [1.807, 2.05) is 12.1 Å². The molecule has 2 heterocycles. The Hall–Kier alpha value is -1.02. The van der Waals surface area contributed by atoms with Crippen LogP contribution in [0.25, 0.3) is 0 Å². The Balaban J connectivity index is 2.00. The molecule has 0 unspecified atom stereocenters. The van der Waals surface area contributed by atoms with Crippen molar-refractivity contribution < 1.29 is 9.47 Å². The van der Waals surface area contributed by atoms with E-state index in [-0.39, 0.29) is 11.9 Å². The lowest BCUT2D eigenvalue weighted by Gasteiger charge is -2.18. The summed E-state index contributed by atoms with van der Waals surface area (Å²) in [5.74, 6) is 1.43. The molecule has 1 aromatic rings. The zero-order chi connectivity index (χ0) is 9.76. The van der Waals surface area contributed by atoms with Crippen molar-refractivity contribution in [2.24, 2.45) is 0 Å². The van der Waals surface area contributed by atoms with Crippen molar-refractivity contribution in [2.75, 3.05) is 0 Å². The summed E-state index contributed by atoms with van der Waals surface area (Å²) in [7, 11) is 0. The topological polar surface area (TPSA) is 18.5 Å². The van der Waals surface area contributed by atoms with Gasteiger partial charge in [-0.15, -0.1) is 0 Å². The summed E-state index contributed by atoms with van der Waals surface area (Å²) < 4.78 is 11.6. The molecule has 0 radical (unpaired) electrons. The molecule has 0 spiro atoms. The molecule has 74 valence electrons.